The molecule has 2 aliphatic heterocycles. The van der Waals surface area contributed by atoms with E-state index < -0.39 is 5.79 Å². The third kappa shape index (κ3) is 2.86. The van der Waals surface area contributed by atoms with E-state index in [4.69, 9.17) is 9.47 Å². The van der Waals surface area contributed by atoms with Crippen molar-refractivity contribution >= 4 is 31.9 Å². The molecule has 1 spiro atoms. The highest BCUT2D eigenvalue weighted by atomic mass is 79.9. The number of hydrogen-bond donors (Lipinski definition) is 0. The molecule has 2 saturated heterocycles. The van der Waals surface area contributed by atoms with Crippen LogP contribution in [0.3, 0.4) is 0 Å². The Kier molecular flexibility index (Phi) is 5.19. The first kappa shape index (κ1) is 22.4. The fourth-order valence-corrected chi connectivity index (χ4v) is 12.7. The summed E-state index contributed by atoms with van der Waals surface area (Å²) in [6.45, 7) is 10.9. The van der Waals surface area contributed by atoms with Gasteiger partial charge in [-0.25, -0.2) is 0 Å². The lowest BCUT2D eigenvalue weighted by molar-refractivity contribution is -0.272. The first-order valence-electron chi connectivity index (χ1n) is 13.3. The van der Waals surface area contributed by atoms with Crippen LogP contribution in [0.2, 0.25) is 0 Å². The molecule has 6 aliphatic rings. The minimum absolute atomic E-state index is 0.273. The molecule has 0 N–H and O–H groups in total. The standard InChI is InChI=1S/C27H42Br2O2/c1-16-14-26(28,29)27(30-15-16)17(2)23-22(31-27)13-21-19-9-8-18-7-5-6-11-24(18,3)20(19)10-12-25(21,23)4/h16-23H,5-15H2,1-4H3/t16-,17+,18-,19-,20+,21+,22+,23+,24+,25+,27+/m1/s1. The summed E-state index contributed by atoms with van der Waals surface area (Å²) >= 11 is 8.08. The fourth-order valence-electron chi connectivity index (χ4n) is 10.5. The molecule has 0 amide bonds. The van der Waals surface area contributed by atoms with Crippen LogP contribution in [0.15, 0.2) is 0 Å². The van der Waals surface area contributed by atoms with E-state index in [0.29, 0.717) is 34.7 Å². The van der Waals surface area contributed by atoms with E-state index in [9.17, 15) is 0 Å². The molecule has 11 atom stereocenters. The van der Waals surface area contributed by atoms with Crippen molar-refractivity contribution in [2.45, 2.75) is 107 Å². The van der Waals surface area contributed by atoms with Gasteiger partial charge in [-0.2, -0.15) is 0 Å². The molecule has 0 aromatic rings. The van der Waals surface area contributed by atoms with E-state index in [1.165, 1.54) is 57.8 Å². The second kappa shape index (κ2) is 7.20. The van der Waals surface area contributed by atoms with Crippen LogP contribution in [0, 0.1) is 52.3 Å². The zero-order valence-electron chi connectivity index (χ0n) is 20.0. The second-order valence-corrected chi connectivity index (χ2v) is 16.9. The molecule has 4 saturated carbocycles. The van der Waals surface area contributed by atoms with Gasteiger partial charge in [-0.05, 0) is 97.7 Å². The van der Waals surface area contributed by atoms with Crippen LogP contribution in [0.25, 0.3) is 0 Å². The Balaban J connectivity index is 1.30. The summed E-state index contributed by atoms with van der Waals surface area (Å²) in [4.78, 5) is 0. The van der Waals surface area contributed by atoms with Crippen LogP contribution < -0.4 is 0 Å². The van der Waals surface area contributed by atoms with Crippen molar-refractivity contribution in [2.75, 3.05) is 6.61 Å². The Bertz CT molecular complexity index is 741. The minimum atomic E-state index is -0.521. The number of hydrogen-bond acceptors (Lipinski definition) is 2. The summed E-state index contributed by atoms with van der Waals surface area (Å²) in [7, 11) is 0. The fraction of sp³-hybridized carbons (Fsp3) is 1.00. The van der Waals surface area contributed by atoms with E-state index in [1.54, 1.807) is 0 Å². The molecule has 2 nitrogen and oxygen atoms in total. The zero-order chi connectivity index (χ0) is 21.8. The monoisotopic (exact) mass is 556 g/mol. The molecule has 6 rings (SSSR count). The Labute approximate surface area is 206 Å². The molecule has 4 aliphatic carbocycles. The van der Waals surface area contributed by atoms with Gasteiger partial charge in [0.1, 0.15) is 3.23 Å². The SMILES string of the molecule is C[C@H]1CO[C@@]2(O[C@H]3C[C@H]4[C@@H]5CC[C@H]6CCCC[C@]6(C)[C@H]5CC[C@]4(C)[C@H]3[C@@H]2C)C(Br)(Br)C1. The van der Waals surface area contributed by atoms with Crippen LogP contribution in [0.5, 0.6) is 0 Å². The van der Waals surface area contributed by atoms with E-state index in [-0.39, 0.29) is 3.23 Å². The van der Waals surface area contributed by atoms with Crippen molar-refractivity contribution in [3.8, 4) is 0 Å². The highest BCUT2D eigenvalue weighted by Gasteiger charge is 2.73. The predicted molar refractivity (Wildman–Crippen MR) is 132 cm³/mol. The Morgan fingerprint density at radius 2 is 1.68 bits per heavy atom. The maximum absolute atomic E-state index is 7.04. The van der Waals surface area contributed by atoms with Crippen molar-refractivity contribution in [2.24, 2.45) is 52.3 Å². The van der Waals surface area contributed by atoms with Crippen LogP contribution in [-0.2, 0) is 9.47 Å². The number of halogens is 2. The van der Waals surface area contributed by atoms with Gasteiger partial charge in [-0.3, -0.25) is 0 Å². The molecular weight excluding hydrogens is 516 g/mol. The van der Waals surface area contributed by atoms with Crippen LogP contribution in [0.1, 0.15) is 91.9 Å². The average Bonchev–Trinajstić information content (AvgIpc) is 3.16. The van der Waals surface area contributed by atoms with Gasteiger partial charge in [-0.1, -0.05) is 72.4 Å². The largest absolute Gasteiger partial charge is 0.347 e. The van der Waals surface area contributed by atoms with Gasteiger partial charge < -0.3 is 9.47 Å². The maximum atomic E-state index is 7.04. The van der Waals surface area contributed by atoms with Crippen molar-refractivity contribution in [3.05, 3.63) is 0 Å². The minimum Gasteiger partial charge on any atom is -0.347 e. The van der Waals surface area contributed by atoms with E-state index in [1.807, 2.05) is 0 Å². The van der Waals surface area contributed by atoms with Gasteiger partial charge in [0.25, 0.3) is 0 Å². The van der Waals surface area contributed by atoms with Gasteiger partial charge in [0.2, 0.25) is 0 Å². The summed E-state index contributed by atoms with van der Waals surface area (Å²) in [5.41, 5.74) is 1.03. The average molecular weight is 558 g/mol. The van der Waals surface area contributed by atoms with E-state index in [0.717, 1.165) is 36.7 Å². The lowest BCUT2D eigenvalue weighted by Gasteiger charge is -2.61. The van der Waals surface area contributed by atoms with Crippen molar-refractivity contribution in [3.63, 3.8) is 0 Å². The lowest BCUT2D eigenvalue weighted by Crippen LogP contribution is -2.59. The van der Waals surface area contributed by atoms with Gasteiger partial charge in [0.15, 0.2) is 5.79 Å². The van der Waals surface area contributed by atoms with Gasteiger partial charge >= 0.3 is 0 Å². The normalized spacial score (nSPS) is 60.2. The number of alkyl halides is 2. The summed E-state index contributed by atoms with van der Waals surface area (Å²) in [5, 5.41) is 0. The Hall–Kier alpha value is 0.880. The molecule has 0 aromatic carbocycles. The van der Waals surface area contributed by atoms with E-state index >= 15 is 0 Å². The van der Waals surface area contributed by atoms with Crippen LogP contribution in [0.4, 0.5) is 0 Å². The number of rotatable bonds is 0. The summed E-state index contributed by atoms with van der Waals surface area (Å²) < 4.78 is 13.4. The molecule has 6 fully saturated rings. The molecule has 31 heavy (non-hydrogen) atoms. The smallest absolute Gasteiger partial charge is 0.196 e. The molecule has 4 heteroatoms. The summed E-state index contributed by atoms with van der Waals surface area (Å²) in [6, 6.07) is 0. The molecular formula is C27H42Br2O2. The zero-order valence-corrected chi connectivity index (χ0v) is 23.1. The second-order valence-electron chi connectivity index (χ2n) is 13.1. The van der Waals surface area contributed by atoms with Crippen LogP contribution >= 0.6 is 31.9 Å². The quantitative estimate of drug-likeness (QED) is 0.281. The van der Waals surface area contributed by atoms with Gasteiger partial charge in [0.05, 0.1) is 12.7 Å². The molecule has 0 unspecified atom stereocenters. The third-order valence-electron chi connectivity index (χ3n) is 11.8. The van der Waals surface area contributed by atoms with Gasteiger partial charge in [-0.15, -0.1) is 0 Å². The maximum Gasteiger partial charge on any atom is 0.196 e. The molecule has 176 valence electrons. The molecule has 2 heterocycles. The Morgan fingerprint density at radius 3 is 2.45 bits per heavy atom. The number of fused-ring (bicyclic) bond motifs is 7. The predicted octanol–water partition coefficient (Wildman–Crippen LogP) is 7.92. The van der Waals surface area contributed by atoms with Crippen molar-refractivity contribution in [1.82, 2.24) is 0 Å². The number of ether oxygens (including phenoxy) is 2. The van der Waals surface area contributed by atoms with Crippen LogP contribution in [-0.4, -0.2) is 21.7 Å². The third-order valence-corrected chi connectivity index (χ3v) is 13.6. The van der Waals surface area contributed by atoms with Gasteiger partial charge in [0, 0.05) is 5.92 Å². The molecule has 0 bridgehead atoms. The van der Waals surface area contributed by atoms with E-state index in [2.05, 4.69) is 59.6 Å². The highest BCUT2D eigenvalue weighted by Crippen LogP contribution is 2.72. The molecule has 0 aromatic heterocycles. The first-order valence-corrected chi connectivity index (χ1v) is 14.9. The topological polar surface area (TPSA) is 18.5 Å². The highest BCUT2D eigenvalue weighted by molar-refractivity contribution is 9.25. The molecule has 0 radical (unpaired) electrons. The van der Waals surface area contributed by atoms with Crippen molar-refractivity contribution in [1.29, 1.82) is 0 Å². The summed E-state index contributed by atoms with van der Waals surface area (Å²) in [5.74, 6) is 4.81. The Morgan fingerprint density at radius 1 is 0.871 bits per heavy atom. The lowest BCUT2D eigenvalue weighted by atomic mass is 9.44. The first-order chi connectivity index (χ1) is 14.6. The van der Waals surface area contributed by atoms with Crippen molar-refractivity contribution < 1.29 is 9.47 Å². The summed E-state index contributed by atoms with van der Waals surface area (Å²) in [6.07, 6.45) is 14.5.